The van der Waals surface area contributed by atoms with Gasteiger partial charge < -0.3 is 27.7 Å². The first-order valence-corrected chi connectivity index (χ1v) is 10.3. The van der Waals surface area contributed by atoms with Gasteiger partial charge in [0.05, 0.1) is 0 Å². The summed E-state index contributed by atoms with van der Waals surface area (Å²) in [7, 11) is 0. The monoisotopic (exact) mass is 520 g/mol. The fourth-order valence-corrected chi connectivity index (χ4v) is 1.63. The van der Waals surface area contributed by atoms with Crippen LogP contribution in [-0.2, 0) is 25.8 Å². The van der Waals surface area contributed by atoms with Crippen molar-refractivity contribution in [3.8, 4) is 0 Å². The first kappa shape index (κ1) is 36.7. The van der Waals surface area contributed by atoms with Gasteiger partial charge in [-0.05, 0) is 23.7 Å². The molecule has 25 heavy (non-hydrogen) atoms. The van der Waals surface area contributed by atoms with Crippen LogP contribution in [0.15, 0.2) is 0 Å². The van der Waals surface area contributed by atoms with E-state index in [9.17, 15) is 0 Å². The Bertz CT molecular complexity index is 131. The second-order valence-corrected chi connectivity index (χ2v) is 8.14. The van der Waals surface area contributed by atoms with Gasteiger partial charge in [-0.25, -0.2) is 0 Å². The Morgan fingerprint density at radius 1 is 0.400 bits per heavy atom. The molecule has 0 spiro atoms. The molecule has 0 nitrogen and oxygen atoms in total. The van der Waals surface area contributed by atoms with Crippen molar-refractivity contribution in [3.63, 3.8) is 0 Å². The van der Waals surface area contributed by atoms with Crippen molar-refractivity contribution in [1.29, 1.82) is 0 Å². The molecule has 152 valence electrons. The summed E-state index contributed by atoms with van der Waals surface area (Å²) in [5, 5.41) is 0. The van der Waals surface area contributed by atoms with E-state index in [0.29, 0.717) is 0 Å². The molecule has 1 heteroatoms. The molecule has 0 fully saturated rings. The third-order valence-corrected chi connectivity index (χ3v) is 3.13. The summed E-state index contributed by atoms with van der Waals surface area (Å²) in [5.41, 5.74) is 0. The molecular weight excluding hydrogens is 467 g/mol. The SMILES string of the molecule is [CH2-]CCC(C)C.[CH2-]CCC(C)C.[CH2-]CCC(C)C.[CH2-]CCC(C)C.[Hf+4]. The van der Waals surface area contributed by atoms with Crippen molar-refractivity contribution in [3.05, 3.63) is 27.7 Å². The molecule has 0 unspecified atom stereocenters. The molecule has 0 aromatic carbocycles. The zero-order valence-electron chi connectivity index (χ0n) is 19.3. The van der Waals surface area contributed by atoms with Crippen molar-refractivity contribution in [2.75, 3.05) is 0 Å². The normalized spacial score (nSPS) is 9.60. The molecule has 0 amide bonds. The van der Waals surface area contributed by atoms with E-state index < -0.39 is 0 Å². The van der Waals surface area contributed by atoms with E-state index in [-0.39, 0.29) is 25.8 Å². The summed E-state index contributed by atoms with van der Waals surface area (Å²) in [4.78, 5) is 0. The van der Waals surface area contributed by atoms with Crippen molar-refractivity contribution >= 4 is 0 Å². The summed E-state index contributed by atoms with van der Waals surface area (Å²) in [5.74, 6) is 3.34. The maximum atomic E-state index is 3.73. The average molecular weight is 519 g/mol. The van der Waals surface area contributed by atoms with Crippen molar-refractivity contribution < 1.29 is 25.8 Å². The summed E-state index contributed by atoms with van der Waals surface area (Å²) in [6.45, 7) is 32.6. The van der Waals surface area contributed by atoms with Gasteiger partial charge in [0, 0.05) is 0 Å². The van der Waals surface area contributed by atoms with Crippen LogP contribution in [-0.4, -0.2) is 0 Å². The van der Waals surface area contributed by atoms with E-state index in [2.05, 4.69) is 83.1 Å². The van der Waals surface area contributed by atoms with Crippen LogP contribution in [0.1, 0.15) is 107 Å². The maximum Gasteiger partial charge on any atom is 4.00 e. The van der Waals surface area contributed by atoms with Gasteiger partial charge in [0.1, 0.15) is 0 Å². The van der Waals surface area contributed by atoms with Gasteiger partial charge in [-0.3, -0.25) is 0 Å². The fourth-order valence-electron chi connectivity index (χ4n) is 1.63. The molecule has 0 rings (SSSR count). The Kier molecular flexibility index (Phi) is 47.8. The van der Waals surface area contributed by atoms with Crippen LogP contribution in [0.4, 0.5) is 0 Å². The minimum absolute atomic E-state index is 0. The molecule has 0 saturated carbocycles. The molecule has 0 aliphatic rings. The van der Waals surface area contributed by atoms with Crippen molar-refractivity contribution in [2.45, 2.75) is 107 Å². The Labute approximate surface area is 183 Å². The zero-order chi connectivity index (χ0) is 20.0. The van der Waals surface area contributed by atoms with Crippen LogP contribution in [0.25, 0.3) is 0 Å². The van der Waals surface area contributed by atoms with Gasteiger partial charge in [0.15, 0.2) is 0 Å². The molecule has 0 heterocycles. The standard InChI is InChI=1S/4C6H13.Hf/c4*1-4-5-6(2)3;/h4*6H,1,4-5H2,2-3H3;/q4*-1;+4. The average Bonchev–Trinajstić information content (AvgIpc) is 2.39. The van der Waals surface area contributed by atoms with E-state index >= 15 is 0 Å². The molecule has 0 aliphatic carbocycles. The third-order valence-electron chi connectivity index (χ3n) is 3.13. The van der Waals surface area contributed by atoms with E-state index in [1.54, 1.807) is 0 Å². The van der Waals surface area contributed by atoms with Crippen molar-refractivity contribution in [1.82, 2.24) is 0 Å². The van der Waals surface area contributed by atoms with E-state index in [1.165, 1.54) is 25.7 Å². The van der Waals surface area contributed by atoms with Gasteiger partial charge in [-0.1, -0.05) is 81.1 Å². The van der Waals surface area contributed by atoms with Crippen LogP contribution in [0.3, 0.4) is 0 Å². The van der Waals surface area contributed by atoms with E-state index in [1.807, 2.05) is 0 Å². The van der Waals surface area contributed by atoms with Gasteiger partial charge in [-0.15, -0.1) is 0 Å². The third kappa shape index (κ3) is 78.5. The van der Waals surface area contributed by atoms with Gasteiger partial charge in [0.25, 0.3) is 0 Å². The Balaban J connectivity index is -0.0000000702. The number of hydrogen-bond donors (Lipinski definition) is 0. The zero-order valence-corrected chi connectivity index (χ0v) is 22.9. The minimum Gasteiger partial charge on any atom is -0.343 e. The van der Waals surface area contributed by atoms with E-state index in [0.717, 1.165) is 49.4 Å². The Morgan fingerprint density at radius 3 is 0.520 bits per heavy atom. The predicted octanol–water partition coefficient (Wildman–Crippen LogP) is 9.02. The number of rotatable bonds is 8. The fraction of sp³-hybridized carbons (Fsp3) is 0.833. The predicted molar refractivity (Wildman–Crippen MR) is 118 cm³/mol. The smallest absolute Gasteiger partial charge is 0.343 e. The molecule has 0 N–H and O–H groups in total. The largest absolute Gasteiger partial charge is 4.00 e. The summed E-state index contributed by atoms with van der Waals surface area (Å²) in [6.07, 6.45) is 9.38. The van der Waals surface area contributed by atoms with Crippen LogP contribution in [0.5, 0.6) is 0 Å². The number of hydrogen-bond acceptors (Lipinski definition) is 0. The topological polar surface area (TPSA) is 0 Å². The Hall–Kier alpha value is 0.870. The molecule has 0 saturated heterocycles. The van der Waals surface area contributed by atoms with Crippen LogP contribution in [0.2, 0.25) is 0 Å². The summed E-state index contributed by atoms with van der Waals surface area (Å²) < 4.78 is 0. The quantitative estimate of drug-likeness (QED) is 0.222. The van der Waals surface area contributed by atoms with E-state index in [4.69, 9.17) is 0 Å². The second-order valence-electron chi connectivity index (χ2n) is 8.14. The second kappa shape index (κ2) is 32.5. The molecular formula is C24H52Hf. The van der Waals surface area contributed by atoms with Crippen LogP contribution in [0, 0.1) is 51.4 Å². The Morgan fingerprint density at radius 2 is 0.520 bits per heavy atom. The molecule has 0 aliphatic heterocycles. The first-order chi connectivity index (χ1) is 11.1. The van der Waals surface area contributed by atoms with Gasteiger partial charge in [-0.2, -0.15) is 25.7 Å². The molecule has 0 atom stereocenters. The summed E-state index contributed by atoms with van der Waals surface area (Å²) in [6, 6.07) is 0. The van der Waals surface area contributed by atoms with Crippen LogP contribution < -0.4 is 0 Å². The first-order valence-electron chi connectivity index (χ1n) is 10.3. The molecule has 0 aromatic heterocycles. The van der Waals surface area contributed by atoms with Crippen molar-refractivity contribution in [2.24, 2.45) is 23.7 Å². The van der Waals surface area contributed by atoms with Gasteiger partial charge >= 0.3 is 25.8 Å². The summed E-state index contributed by atoms with van der Waals surface area (Å²) >= 11 is 0. The van der Waals surface area contributed by atoms with Crippen LogP contribution >= 0.6 is 0 Å². The molecule has 0 radical (unpaired) electrons. The molecule has 0 aromatic rings. The molecule has 0 bridgehead atoms. The maximum absolute atomic E-state index is 3.73. The minimum atomic E-state index is 0. The van der Waals surface area contributed by atoms with Gasteiger partial charge in [0.2, 0.25) is 0 Å².